The first kappa shape index (κ1) is 14.0. The summed E-state index contributed by atoms with van der Waals surface area (Å²) in [6, 6.07) is 5.04. The van der Waals surface area contributed by atoms with E-state index in [0.29, 0.717) is 11.4 Å². The standard InChI is InChI=1S/C12H11BrN2O3S/c1-6-11(7(2)18-14-6)19-15-10-4-3-8(13)5-9(10)12(16)17/h3-5,15H,1-2H3,(H,16,17). The maximum absolute atomic E-state index is 11.2. The van der Waals surface area contributed by atoms with Crippen molar-refractivity contribution in [3.05, 3.63) is 39.7 Å². The van der Waals surface area contributed by atoms with Gasteiger partial charge in [0, 0.05) is 4.47 Å². The van der Waals surface area contributed by atoms with Crippen LogP contribution in [0.25, 0.3) is 0 Å². The number of carbonyl (C=O) groups is 1. The topological polar surface area (TPSA) is 75.4 Å². The summed E-state index contributed by atoms with van der Waals surface area (Å²) in [5, 5.41) is 13.0. The number of rotatable bonds is 4. The van der Waals surface area contributed by atoms with Gasteiger partial charge in [0.15, 0.2) is 0 Å². The maximum atomic E-state index is 11.2. The van der Waals surface area contributed by atoms with Gasteiger partial charge in [-0.25, -0.2) is 4.79 Å². The van der Waals surface area contributed by atoms with Gasteiger partial charge in [0.1, 0.15) is 5.76 Å². The normalized spacial score (nSPS) is 10.5. The lowest BCUT2D eigenvalue weighted by molar-refractivity contribution is 0.0698. The zero-order chi connectivity index (χ0) is 14.0. The number of hydrogen-bond donors (Lipinski definition) is 2. The molecule has 2 rings (SSSR count). The van der Waals surface area contributed by atoms with Gasteiger partial charge in [0.05, 0.1) is 21.8 Å². The summed E-state index contributed by atoms with van der Waals surface area (Å²) in [6.45, 7) is 3.64. The smallest absolute Gasteiger partial charge is 0.337 e. The number of anilines is 1. The lowest BCUT2D eigenvalue weighted by Gasteiger charge is -2.08. The molecule has 0 aliphatic rings. The third kappa shape index (κ3) is 3.10. The number of nitrogens with one attached hydrogen (secondary N) is 1. The van der Waals surface area contributed by atoms with E-state index in [4.69, 9.17) is 9.63 Å². The van der Waals surface area contributed by atoms with Crippen LogP contribution < -0.4 is 4.72 Å². The molecule has 2 aromatic rings. The van der Waals surface area contributed by atoms with Crippen LogP contribution in [0.4, 0.5) is 5.69 Å². The highest BCUT2D eigenvalue weighted by Crippen LogP contribution is 2.29. The number of aryl methyl sites for hydroxylation is 2. The van der Waals surface area contributed by atoms with Gasteiger partial charge in [0.2, 0.25) is 0 Å². The molecule has 0 atom stereocenters. The van der Waals surface area contributed by atoms with E-state index in [2.05, 4.69) is 25.8 Å². The number of halogens is 1. The van der Waals surface area contributed by atoms with Crippen LogP contribution in [-0.4, -0.2) is 16.2 Å². The molecule has 0 amide bonds. The van der Waals surface area contributed by atoms with E-state index in [-0.39, 0.29) is 5.56 Å². The predicted octanol–water partition coefficient (Wildman–Crippen LogP) is 3.87. The second-order valence-corrected chi connectivity index (χ2v) is 5.58. The van der Waals surface area contributed by atoms with Crippen molar-refractivity contribution in [1.82, 2.24) is 5.16 Å². The zero-order valence-corrected chi connectivity index (χ0v) is 12.6. The van der Waals surface area contributed by atoms with Gasteiger partial charge in [-0.2, -0.15) is 0 Å². The fourth-order valence-electron chi connectivity index (χ4n) is 1.51. The van der Waals surface area contributed by atoms with Crippen molar-refractivity contribution in [3.8, 4) is 0 Å². The Morgan fingerprint density at radius 3 is 2.79 bits per heavy atom. The Balaban J connectivity index is 2.23. The first-order valence-corrected chi connectivity index (χ1v) is 6.98. The molecule has 0 radical (unpaired) electrons. The molecule has 0 fully saturated rings. The van der Waals surface area contributed by atoms with Crippen LogP contribution in [0.5, 0.6) is 0 Å². The number of hydrogen-bond acceptors (Lipinski definition) is 5. The Hall–Kier alpha value is -1.47. The summed E-state index contributed by atoms with van der Waals surface area (Å²) >= 11 is 4.54. The molecule has 1 heterocycles. The fourth-order valence-corrected chi connectivity index (χ4v) is 2.63. The van der Waals surface area contributed by atoms with Gasteiger partial charge in [-0.3, -0.25) is 0 Å². The first-order chi connectivity index (χ1) is 8.99. The van der Waals surface area contributed by atoms with Crippen LogP contribution in [0.1, 0.15) is 21.8 Å². The number of aromatic nitrogens is 1. The highest BCUT2D eigenvalue weighted by atomic mass is 79.9. The minimum atomic E-state index is -0.983. The Morgan fingerprint density at radius 1 is 1.47 bits per heavy atom. The van der Waals surface area contributed by atoms with E-state index in [1.54, 1.807) is 18.2 Å². The fraction of sp³-hybridized carbons (Fsp3) is 0.167. The molecule has 0 bridgehead atoms. The second-order valence-electron chi connectivity index (χ2n) is 3.85. The summed E-state index contributed by atoms with van der Waals surface area (Å²) in [5.41, 5.74) is 1.50. The molecule has 0 aliphatic heterocycles. The van der Waals surface area contributed by atoms with E-state index in [9.17, 15) is 4.79 Å². The molecule has 7 heteroatoms. The molecule has 0 aliphatic carbocycles. The van der Waals surface area contributed by atoms with E-state index in [0.717, 1.165) is 15.1 Å². The Labute approximate surface area is 122 Å². The van der Waals surface area contributed by atoms with E-state index in [1.165, 1.54) is 11.9 Å². The van der Waals surface area contributed by atoms with Crippen LogP contribution in [0.15, 0.2) is 32.1 Å². The van der Waals surface area contributed by atoms with Gasteiger partial charge < -0.3 is 14.4 Å². The summed E-state index contributed by atoms with van der Waals surface area (Å²) in [5.74, 6) is -0.285. The Kier molecular flexibility index (Phi) is 4.16. The first-order valence-electron chi connectivity index (χ1n) is 5.37. The van der Waals surface area contributed by atoms with Crippen molar-refractivity contribution in [2.24, 2.45) is 0 Å². The minimum Gasteiger partial charge on any atom is -0.478 e. The molecule has 19 heavy (non-hydrogen) atoms. The molecule has 0 saturated heterocycles. The van der Waals surface area contributed by atoms with Gasteiger partial charge >= 0.3 is 5.97 Å². The van der Waals surface area contributed by atoms with E-state index >= 15 is 0 Å². The molecule has 1 aromatic carbocycles. The monoisotopic (exact) mass is 342 g/mol. The van der Waals surface area contributed by atoms with Gasteiger partial charge in [-0.1, -0.05) is 21.1 Å². The van der Waals surface area contributed by atoms with Crippen LogP contribution in [0, 0.1) is 13.8 Å². The van der Waals surface area contributed by atoms with Crippen molar-refractivity contribution < 1.29 is 14.4 Å². The lowest BCUT2D eigenvalue weighted by atomic mass is 10.2. The van der Waals surface area contributed by atoms with Crippen molar-refractivity contribution in [2.45, 2.75) is 18.7 Å². The van der Waals surface area contributed by atoms with Gasteiger partial charge in [-0.05, 0) is 44.0 Å². The van der Waals surface area contributed by atoms with E-state index in [1.807, 2.05) is 13.8 Å². The highest BCUT2D eigenvalue weighted by molar-refractivity contribution is 9.10. The van der Waals surface area contributed by atoms with Crippen molar-refractivity contribution in [3.63, 3.8) is 0 Å². The van der Waals surface area contributed by atoms with Crippen LogP contribution in [0.3, 0.4) is 0 Å². The highest BCUT2D eigenvalue weighted by Gasteiger charge is 2.14. The van der Waals surface area contributed by atoms with Crippen molar-refractivity contribution >= 4 is 39.5 Å². The number of carboxylic acid groups (broad SMARTS) is 1. The Morgan fingerprint density at radius 2 is 2.21 bits per heavy atom. The van der Waals surface area contributed by atoms with E-state index < -0.39 is 5.97 Å². The molecular weight excluding hydrogens is 332 g/mol. The van der Waals surface area contributed by atoms with Gasteiger partial charge in [-0.15, -0.1) is 0 Å². The number of benzene rings is 1. The number of carboxylic acids is 1. The molecule has 1 aromatic heterocycles. The SMILES string of the molecule is Cc1noc(C)c1SNc1ccc(Br)cc1C(=O)O. The van der Waals surface area contributed by atoms with Crippen LogP contribution in [0.2, 0.25) is 0 Å². The number of nitrogens with zero attached hydrogens (tertiary/aromatic N) is 1. The zero-order valence-electron chi connectivity index (χ0n) is 10.2. The largest absolute Gasteiger partial charge is 0.478 e. The summed E-state index contributed by atoms with van der Waals surface area (Å²) < 4.78 is 8.79. The molecule has 5 nitrogen and oxygen atoms in total. The van der Waals surface area contributed by atoms with Crippen LogP contribution in [-0.2, 0) is 0 Å². The quantitative estimate of drug-likeness (QED) is 0.821. The molecule has 0 saturated carbocycles. The molecular formula is C12H11BrN2O3S. The molecule has 100 valence electrons. The maximum Gasteiger partial charge on any atom is 0.337 e. The Bertz CT molecular complexity index is 608. The second kappa shape index (κ2) is 5.66. The molecule has 0 unspecified atom stereocenters. The van der Waals surface area contributed by atoms with Gasteiger partial charge in [0.25, 0.3) is 0 Å². The van der Waals surface area contributed by atoms with Crippen LogP contribution >= 0.6 is 27.9 Å². The predicted molar refractivity (Wildman–Crippen MR) is 76.6 cm³/mol. The van der Waals surface area contributed by atoms with Crippen molar-refractivity contribution in [1.29, 1.82) is 0 Å². The third-order valence-corrected chi connectivity index (χ3v) is 4.05. The summed E-state index contributed by atoms with van der Waals surface area (Å²) in [4.78, 5) is 12.0. The lowest BCUT2D eigenvalue weighted by Crippen LogP contribution is -2.01. The molecule has 2 N–H and O–H groups in total. The van der Waals surface area contributed by atoms with Crippen molar-refractivity contribution in [2.75, 3.05) is 4.72 Å². The minimum absolute atomic E-state index is 0.202. The summed E-state index contributed by atoms with van der Waals surface area (Å²) in [6.07, 6.45) is 0. The average molecular weight is 343 g/mol. The number of aromatic carboxylic acids is 1. The molecule has 0 spiro atoms. The average Bonchev–Trinajstić information content (AvgIpc) is 2.68. The third-order valence-electron chi connectivity index (χ3n) is 2.44. The summed E-state index contributed by atoms with van der Waals surface area (Å²) in [7, 11) is 0.